The summed E-state index contributed by atoms with van der Waals surface area (Å²) in [5.41, 5.74) is 0.752. The Morgan fingerprint density at radius 3 is 2.78 bits per heavy atom. The summed E-state index contributed by atoms with van der Waals surface area (Å²) in [6, 6.07) is 1.94. The second-order valence-electron chi connectivity index (χ2n) is 6.63. The van der Waals surface area contributed by atoms with Gasteiger partial charge in [-0.15, -0.1) is 0 Å². The molecule has 7 heteroatoms. The fraction of sp³-hybridized carbons (Fsp3) is 0.625. The van der Waals surface area contributed by atoms with Crippen molar-refractivity contribution in [2.45, 2.75) is 57.5 Å². The molecule has 2 saturated carbocycles. The van der Waals surface area contributed by atoms with Crippen LogP contribution in [0.1, 0.15) is 44.1 Å². The third-order valence-electron chi connectivity index (χ3n) is 4.51. The van der Waals surface area contributed by atoms with E-state index in [0.29, 0.717) is 18.3 Å². The zero-order valence-electron chi connectivity index (χ0n) is 13.2. The first-order valence-corrected chi connectivity index (χ1v) is 8.21. The Labute approximate surface area is 135 Å². The van der Waals surface area contributed by atoms with Crippen molar-refractivity contribution in [3.8, 4) is 0 Å². The van der Waals surface area contributed by atoms with E-state index in [1.807, 2.05) is 0 Å². The fourth-order valence-corrected chi connectivity index (χ4v) is 3.10. The van der Waals surface area contributed by atoms with E-state index >= 15 is 0 Å². The minimum atomic E-state index is -0.414. The Morgan fingerprint density at radius 1 is 1.30 bits per heavy atom. The number of carbonyl (C=O) groups excluding carboxylic acids is 1. The number of amides is 1. The van der Waals surface area contributed by atoms with Crippen LogP contribution in [0, 0.1) is 23.0 Å². The molecule has 0 spiro atoms. The van der Waals surface area contributed by atoms with Gasteiger partial charge in [-0.3, -0.25) is 14.9 Å². The molecule has 23 heavy (non-hydrogen) atoms. The maximum absolute atomic E-state index is 12.2. The SMILES string of the molecule is Cc1cnc(N[C@@H]2CCC[C@@H](C(=O)NC3CC3)C2)c([N+](=O)[O-])c1. The Balaban J connectivity index is 1.65. The summed E-state index contributed by atoms with van der Waals surface area (Å²) in [5.74, 6) is 0.422. The fourth-order valence-electron chi connectivity index (χ4n) is 3.10. The summed E-state index contributed by atoms with van der Waals surface area (Å²) in [5, 5.41) is 17.4. The number of nitrogens with zero attached hydrogens (tertiary/aromatic N) is 2. The predicted octanol–water partition coefficient (Wildman–Crippen LogP) is 2.55. The summed E-state index contributed by atoms with van der Waals surface area (Å²) < 4.78 is 0. The Bertz CT molecular complexity index is 615. The van der Waals surface area contributed by atoms with Crippen LogP contribution in [0.25, 0.3) is 0 Å². The molecule has 7 nitrogen and oxygen atoms in total. The molecule has 1 aromatic rings. The number of aromatic nitrogens is 1. The standard InChI is InChI=1S/C16H22N4O3/c1-10-7-14(20(22)23)15(17-9-10)18-13-4-2-3-11(8-13)16(21)19-12-5-6-12/h7,9,11-13H,2-6,8H2,1H3,(H,17,18)(H,19,21)/t11-,13-/m1/s1. The van der Waals surface area contributed by atoms with Gasteiger partial charge in [0, 0.05) is 30.3 Å². The number of nitrogens with one attached hydrogen (secondary N) is 2. The molecule has 124 valence electrons. The lowest BCUT2D eigenvalue weighted by atomic mass is 9.85. The van der Waals surface area contributed by atoms with E-state index in [1.54, 1.807) is 13.1 Å². The third-order valence-corrected chi connectivity index (χ3v) is 4.51. The van der Waals surface area contributed by atoms with Gasteiger partial charge in [-0.05, 0) is 44.6 Å². The molecule has 2 atom stereocenters. The molecular formula is C16H22N4O3. The van der Waals surface area contributed by atoms with Gasteiger partial charge < -0.3 is 10.6 Å². The van der Waals surface area contributed by atoms with E-state index in [2.05, 4.69) is 15.6 Å². The second kappa shape index (κ2) is 6.52. The first-order valence-electron chi connectivity index (χ1n) is 8.21. The molecule has 2 aliphatic carbocycles. The summed E-state index contributed by atoms with van der Waals surface area (Å²) in [7, 11) is 0. The zero-order chi connectivity index (χ0) is 16.4. The van der Waals surface area contributed by atoms with Gasteiger partial charge in [-0.25, -0.2) is 4.98 Å². The van der Waals surface area contributed by atoms with Crippen LogP contribution in [-0.4, -0.2) is 27.9 Å². The molecule has 1 heterocycles. The number of rotatable bonds is 5. The number of nitro groups is 1. The lowest BCUT2D eigenvalue weighted by Gasteiger charge is -2.29. The number of pyridine rings is 1. The summed E-state index contributed by atoms with van der Waals surface area (Å²) in [4.78, 5) is 27.1. The van der Waals surface area contributed by atoms with Gasteiger partial charge in [-0.2, -0.15) is 0 Å². The van der Waals surface area contributed by atoms with Crippen LogP contribution in [0.15, 0.2) is 12.3 Å². The molecule has 0 aromatic carbocycles. The molecule has 0 unspecified atom stereocenters. The average Bonchev–Trinajstić information content (AvgIpc) is 3.33. The second-order valence-corrected chi connectivity index (χ2v) is 6.63. The molecule has 0 bridgehead atoms. The highest BCUT2D eigenvalue weighted by molar-refractivity contribution is 5.79. The van der Waals surface area contributed by atoms with Gasteiger partial charge in [-0.1, -0.05) is 6.42 Å². The Hall–Kier alpha value is -2.18. The Morgan fingerprint density at radius 2 is 2.09 bits per heavy atom. The van der Waals surface area contributed by atoms with Crippen LogP contribution in [0.4, 0.5) is 11.5 Å². The van der Waals surface area contributed by atoms with Crippen molar-refractivity contribution in [2.75, 3.05) is 5.32 Å². The van der Waals surface area contributed by atoms with Crippen LogP contribution >= 0.6 is 0 Å². The quantitative estimate of drug-likeness (QED) is 0.642. The summed E-state index contributed by atoms with van der Waals surface area (Å²) in [6.07, 6.45) is 7.22. The van der Waals surface area contributed by atoms with Gasteiger partial charge in [0.15, 0.2) is 0 Å². The van der Waals surface area contributed by atoms with E-state index in [-0.39, 0.29) is 23.6 Å². The number of aryl methyl sites for hydroxylation is 1. The molecule has 1 amide bonds. The number of hydrogen-bond donors (Lipinski definition) is 2. The molecule has 3 rings (SSSR count). The van der Waals surface area contributed by atoms with Crippen LogP contribution in [0.5, 0.6) is 0 Å². The van der Waals surface area contributed by atoms with Crippen LogP contribution in [-0.2, 0) is 4.79 Å². The summed E-state index contributed by atoms with van der Waals surface area (Å²) in [6.45, 7) is 1.78. The van der Waals surface area contributed by atoms with E-state index in [9.17, 15) is 14.9 Å². The van der Waals surface area contributed by atoms with Crippen molar-refractivity contribution in [3.05, 3.63) is 27.9 Å². The minimum absolute atomic E-state index is 0.00504. The topological polar surface area (TPSA) is 97.2 Å². The highest BCUT2D eigenvalue weighted by Gasteiger charge is 2.32. The van der Waals surface area contributed by atoms with Gasteiger partial charge in [0.1, 0.15) is 0 Å². The third kappa shape index (κ3) is 3.97. The van der Waals surface area contributed by atoms with Crippen molar-refractivity contribution >= 4 is 17.4 Å². The molecule has 0 aliphatic heterocycles. The average molecular weight is 318 g/mol. The first kappa shape index (κ1) is 15.7. The maximum atomic E-state index is 12.2. The number of hydrogen-bond acceptors (Lipinski definition) is 5. The highest BCUT2D eigenvalue weighted by Crippen LogP contribution is 2.30. The minimum Gasteiger partial charge on any atom is -0.362 e. The van der Waals surface area contributed by atoms with Crippen molar-refractivity contribution in [2.24, 2.45) is 5.92 Å². The van der Waals surface area contributed by atoms with Gasteiger partial charge >= 0.3 is 5.69 Å². The van der Waals surface area contributed by atoms with Gasteiger partial charge in [0.25, 0.3) is 0 Å². The van der Waals surface area contributed by atoms with Crippen LogP contribution in [0.2, 0.25) is 0 Å². The van der Waals surface area contributed by atoms with Crippen molar-refractivity contribution in [1.82, 2.24) is 10.3 Å². The molecule has 0 saturated heterocycles. The molecule has 2 aliphatic rings. The molecule has 2 fully saturated rings. The molecular weight excluding hydrogens is 296 g/mol. The molecule has 2 N–H and O–H groups in total. The first-order chi connectivity index (χ1) is 11.0. The van der Waals surface area contributed by atoms with E-state index in [0.717, 1.165) is 37.7 Å². The van der Waals surface area contributed by atoms with Gasteiger partial charge in [0.05, 0.1) is 4.92 Å². The monoisotopic (exact) mass is 318 g/mol. The smallest absolute Gasteiger partial charge is 0.311 e. The largest absolute Gasteiger partial charge is 0.362 e. The van der Waals surface area contributed by atoms with Gasteiger partial charge in [0.2, 0.25) is 11.7 Å². The normalized spacial score (nSPS) is 24.0. The van der Waals surface area contributed by atoms with E-state index in [1.165, 1.54) is 6.07 Å². The van der Waals surface area contributed by atoms with E-state index < -0.39 is 4.92 Å². The highest BCUT2D eigenvalue weighted by atomic mass is 16.6. The van der Waals surface area contributed by atoms with Crippen LogP contribution in [0.3, 0.4) is 0 Å². The molecule has 0 radical (unpaired) electrons. The lowest BCUT2D eigenvalue weighted by molar-refractivity contribution is -0.384. The lowest BCUT2D eigenvalue weighted by Crippen LogP contribution is -2.38. The van der Waals surface area contributed by atoms with Crippen molar-refractivity contribution in [1.29, 1.82) is 0 Å². The number of anilines is 1. The summed E-state index contributed by atoms with van der Waals surface area (Å²) >= 11 is 0. The zero-order valence-corrected chi connectivity index (χ0v) is 13.2. The van der Waals surface area contributed by atoms with Crippen molar-refractivity contribution < 1.29 is 9.72 Å². The van der Waals surface area contributed by atoms with E-state index in [4.69, 9.17) is 0 Å². The van der Waals surface area contributed by atoms with Crippen LogP contribution < -0.4 is 10.6 Å². The van der Waals surface area contributed by atoms with Crippen molar-refractivity contribution in [3.63, 3.8) is 0 Å². The number of carbonyl (C=O) groups is 1. The maximum Gasteiger partial charge on any atom is 0.311 e. The molecule has 1 aromatic heterocycles. The predicted molar refractivity (Wildman–Crippen MR) is 86.2 cm³/mol. The Kier molecular flexibility index (Phi) is 4.45.